The van der Waals surface area contributed by atoms with E-state index >= 15 is 4.39 Å². The highest BCUT2D eigenvalue weighted by Crippen LogP contribution is 2.48. The van der Waals surface area contributed by atoms with Crippen molar-refractivity contribution in [3.8, 4) is 23.2 Å². The number of fused-ring (bicyclic) bond motifs is 7. The van der Waals surface area contributed by atoms with Crippen LogP contribution in [0.2, 0.25) is 0 Å². The van der Waals surface area contributed by atoms with E-state index in [9.17, 15) is 9.65 Å². The molecule has 0 aliphatic carbocycles. The standard InChI is InChI=1S/C26H24FN6O2PS.C7H12FN/c1-34-26-31-23-20(25(32-26)33-11-2-3-12(33)8-30-7-11)15-10-35-9-14(15)19(22(23)27)21-16(36)4-5-17-18(21)13(6-28)24(29)37-17;8-6-4-7-2-1-3-9(7)5-6/h4-5,11-12,30H,2-3,7-10,29,36H2,1H3;6-7H,1-5H2. The molecule has 0 amide bonds. The lowest BCUT2D eigenvalue weighted by atomic mass is 9.90. The highest BCUT2D eigenvalue weighted by Gasteiger charge is 2.40. The number of rotatable bonds is 3. The van der Waals surface area contributed by atoms with Crippen molar-refractivity contribution in [3.05, 3.63) is 34.6 Å². The van der Waals surface area contributed by atoms with Crippen molar-refractivity contribution >= 4 is 57.7 Å². The second-order valence-electron chi connectivity index (χ2n) is 12.8. The third kappa shape index (κ3) is 4.74. The summed E-state index contributed by atoms with van der Waals surface area (Å²) < 4.78 is 41.7. The van der Waals surface area contributed by atoms with Gasteiger partial charge in [-0.25, -0.2) is 8.78 Å². The number of benzene rings is 2. The molecule has 9 nitrogen and oxygen atoms in total. The Balaban J connectivity index is 0.000000297. The summed E-state index contributed by atoms with van der Waals surface area (Å²) in [5, 5.41) is 16.0. The van der Waals surface area contributed by atoms with E-state index in [0.717, 1.165) is 60.0 Å². The van der Waals surface area contributed by atoms with E-state index in [-0.39, 0.29) is 30.2 Å². The van der Waals surface area contributed by atoms with Crippen LogP contribution in [0.1, 0.15) is 48.8 Å². The highest BCUT2D eigenvalue weighted by molar-refractivity contribution is 7.28. The normalized spacial score (nSPS) is 25.1. The summed E-state index contributed by atoms with van der Waals surface area (Å²) >= 11 is 1.33. The van der Waals surface area contributed by atoms with E-state index in [1.54, 1.807) is 0 Å². The number of nitrogens with two attached hydrogens (primary N) is 1. The van der Waals surface area contributed by atoms with E-state index in [0.29, 0.717) is 57.5 Å². The molecule has 4 saturated heterocycles. The van der Waals surface area contributed by atoms with Gasteiger partial charge < -0.3 is 25.4 Å². The van der Waals surface area contributed by atoms with Crippen molar-refractivity contribution in [3.63, 3.8) is 0 Å². The maximum atomic E-state index is 16.9. The number of ether oxygens (including phenoxy) is 2. The maximum Gasteiger partial charge on any atom is 0.318 e. The number of aromatic nitrogens is 2. The molecule has 5 unspecified atom stereocenters. The van der Waals surface area contributed by atoms with Gasteiger partial charge in [-0.05, 0) is 61.1 Å². The summed E-state index contributed by atoms with van der Waals surface area (Å²) in [6.07, 6.45) is 4.92. The molecule has 3 N–H and O–H groups in total. The molecular weight excluding hydrogens is 627 g/mol. The average molecular weight is 664 g/mol. The third-order valence-corrected chi connectivity index (χ3v) is 11.8. The minimum absolute atomic E-state index is 0.131. The van der Waals surface area contributed by atoms with Crippen molar-refractivity contribution in [2.75, 3.05) is 43.9 Å². The van der Waals surface area contributed by atoms with Crippen LogP contribution < -0.4 is 26.0 Å². The summed E-state index contributed by atoms with van der Waals surface area (Å²) in [5.41, 5.74) is 9.47. The lowest BCUT2D eigenvalue weighted by molar-refractivity contribution is 0.135. The molecule has 0 spiro atoms. The number of hydrogen-bond acceptors (Lipinski definition) is 10. The molecule has 2 aromatic carbocycles. The van der Waals surface area contributed by atoms with Gasteiger partial charge in [0.1, 0.15) is 28.6 Å². The number of nitrogen functional groups attached to an aromatic ring is 1. The lowest BCUT2D eigenvalue weighted by Crippen LogP contribution is -2.52. The van der Waals surface area contributed by atoms with E-state index in [2.05, 4.69) is 35.4 Å². The van der Waals surface area contributed by atoms with Crippen molar-refractivity contribution < 1.29 is 18.3 Å². The van der Waals surface area contributed by atoms with Crippen LogP contribution in [0, 0.1) is 17.1 Å². The molecule has 5 aliphatic heterocycles. The third-order valence-electron chi connectivity index (χ3n) is 10.3. The topological polar surface area (TPSA) is 113 Å². The van der Waals surface area contributed by atoms with Crippen LogP contribution in [-0.4, -0.2) is 72.5 Å². The van der Waals surface area contributed by atoms with Gasteiger partial charge in [-0.3, -0.25) is 4.90 Å². The molecule has 9 rings (SSSR count). The molecular formula is C33H36F2N7O2PS. The Labute approximate surface area is 272 Å². The summed E-state index contributed by atoms with van der Waals surface area (Å²) in [6, 6.07) is 7.36. The lowest BCUT2D eigenvalue weighted by Gasteiger charge is -2.37. The summed E-state index contributed by atoms with van der Waals surface area (Å²) in [7, 11) is 4.19. The fourth-order valence-corrected chi connectivity index (χ4v) is 9.60. The summed E-state index contributed by atoms with van der Waals surface area (Å²) in [5.74, 6) is 0.249. The first-order valence-corrected chi connectivity index (χ1v) is 17.3. The molecule has 5 aliphatic rings. The quantitative estimate of drug-likeness (QED) is 0.299. The number of thiophene rings is 1. The number of alkyl halides is 1. The molecule has 7 heterocycles. The average Bonchev–Trinajstić information content (AvgIpc) is 3.87. The second kappa shape index (κ2) is 11.8. The van der Waals surface area contributed by atoms with Crippen molar-refractivity contribution in [2.45, 2.75) is 69.6 Å². The molecule has 2 aromatic heterocycles. The van der Waals surface area contributed by atoms with Gasteiger partial charge in [-0.15, -0.1) is 20.6 Å². The number of nitriles is 1. The van der Waals surface area contributed by atoms with Crippen LogP contribution in [0.3, 0.4) is 0 Å². The molecule has 4 aromatic rings. The van der Waals surface area contributed by atoms with Crippen LogP contribution in [0.5, 0.6) is 6.01 Å². The van der Waals surface area contributed by atoms with Gasteiger partial charge >= 0.3 is 6.01 Å². The minimum Gasteiger partial charge on any atom is -0.467 e. The number of halogens is 2. The van der Waals surface area contributed by atoms with Crippen LogP contribution in [0.15, 0.2) is 12.1 Å². The molecule has 5 atom stereocenters. The molecule has 13 heteroatoms. The van der Waals surface area contributed by atoms with Gasteiger partial charge in [0.25, 0.3) is 0 Å². The summed E-state index contributed by atoms with van der Waals surface area (Å²) in [6.45, 7) is 4.18. The zero-order valence-electron chi connectivity index (χ0n) is 25.6. The second-order valence-corrected chi connectivity index (χ2v) is 14.5. The Morgan fingerprint density at radius 3 is 2.63 bits per heavy atom. The number of nitrogens with zero attached hydrogens (tertiary/aromatic N) is 5. The SMILES string of the molecule is COc1nc(N2C3CCC2CNC3)c2c3c(c(-c4c(P)ccc5sc(N)c(C#N)c45)c(F)c2n1)COC3.FC1CC2CCCN2C1. The Hall–Kier alpha value is -3.20. The van der Waals surface area contributed by atoms with E-state index in [1.165, 1.54) is 31.3 Å². The van der Waals surface area contributed by atoms with Gasteiger partial charge in [0.15, 0.2) is 5.82 Å². The first kappa shape index (κ1) is 30.2. The highest BCUT2D eigenvalue weighted by atomic mass is 32.1. The van der Waals surface area contributed by atoms with Crippen molar-refractivity contribution in [1.29, 1.82) is 5.26 Å². The zero-order valence-corrected chi connectivity index (χ0v) is 27.6. The zero-order chi connectivity index (χ0) is 31.7. The smallest absolute Gasteiger partial charge is 0.318 e. The molecule has 0 saturated carbocycles. The molecule has 4 fully saturated rings. The number of hydrogen-bond donors (Lipinski definition) is 2. The van der Waals surface area contributed by atoms with Crippen LogP contribution in [-0.2, 0) is 18.0 Å². The molecule has 0 radical (unpaired) electrons. The van der Waals surface area contributed by atoms with Crippen molar-refractivity contribution in [2.24, 2.45) is 0 Å². The Bertz CT molecular complexity index is 1890. The van der Waals surface area contributed by atoms with E-state index in [4.69, 9.17) is 20.2 Å². The predicted octanol–water partition coefficient (Wildman–Crippen LogP) is 4.78. The molecule has 46 heavy (non-hydrogen) atoms. The monoisotopic (exact) mass is 663 g/mol. The maximum absolute atomic E-state index is 16.9. The van der Waals surface area contributed by atoms with Crippen LogP contribution in [0.4, 0.5) is 19.6 Å². The van der Waals surface area contributed by atoms with E-state index < -0.39 is 12.0 Å². The predicted molar refractivity (Wildman–Crippen MR) is 180 cm³/mol. The largest absolute Gasteiger partial charge is 0.467 e. The number of anilines is 2. The van der Waals surface area contributed by atoms with Gasteiger partial charge in [-0.1, -0.05) is 6.07 Å². The fourth-order valence-electron chi connectivity index (χ4n) is 8.29. The van der Waals surface area contributed by atoms with Crippen LogP contribution in [0.25, 0.3) is 32.1 Å². The fraction of sp³-hybridized carbons (Fsp3) is 0.485. The minimum atomic E-state index is -0.518. The Kier molecular flexibility index (Phi) is 7.73. The van der Waals surface area contributed by atoms with Crippen LogP contribution >= 0.6 is 20.6 Å². The number of methoxy groups -OCH3 is 1. The number of piperazine rings is 1. The first-order valence-electron chi connectivity index (χ1n) is 15.9. The Morgan fingerprint density at radius 2 is 1.89 bits per heavy atom. The number of nitrogens with one attached hydrogen (secondary N) is 1. The van der Waals surface area contributed by atoms with Gasteiger partial charge in [0.2, 0.25) is 0 Å². The van der Waals surface area contributed by atoms with E-state index in [1.807, 2.05) is 12.1 Å². The van der Waals surface area contributed by atoms with Gasteiger partial charge in [0, 0.05) is 59.0 Å². The molecule has 240 valence electrons. The van der Waals surface area contributed by atoms with Crippen molar-refractivity contribution in [1.82, 2.24) is 20.2 Å². The summed E-state index contributed by atoms with van der Waals surface area (Å²) in [4.78, 5) is 13.9. The van der Waals surface area contributed by atoms with Gasteiger partial charge in [0.05, 0.1) is 31.3 Å². The van der Waals surface area contributed by atoms with Gasteiger partial charge in [-0.2, -0.15) is 15.2 Å². The first-order chi connectivity index (χ1) is 22.4. The Morgan fingerprint density at radius 1 is 1.11 bits per heavy atom. The molecule has 2 bridgehead atoms.